The average Bonchev–Trinajstić information content (AvgIpc) is 2.39. The molecular formula is C15H30O5S. The van der Waals surface area contributed by atoms with E-state index in [9.17, 15) is 13.2 Å². The number of ether oxygens (including phenoxy) is 1. The monoisotopic (exact) mass is 322 g/mol. The van der Waals surface area contributed by atoms with Crippen LogP contribution in [0.2, 0.25) is 0 Å². The minimum absolute atomic E-state index is 0.205. The zero-order valence-electron chi connectivity index (χ0n) is 13.3. The molecule has 0 aromatic rings. The standard InChI is InChI=1S/C15H30O5S/c1-3-4-5-6-7-8-9-10-11-12-13-15(16)20-14(2)21(17,18)19/h14H,3-13H2,1-2H3,(H,17,18,19). The lowest BCUT2D eigenvalue weighted by molar-refractivity contribution is -0.145. The van der Waals surface area contributed by atoms with E-state index in [-0.39, 0.29) is 6.42 Å². The topological polar surface area (TPSA) is 80.7 Å². The van der Waals surface area contributed by atoms with Gasteiger partial charge in [-0.2, -0.15) is 8.42 Å². The number of esters is 1. The fourth-order valence-electron chi connectivity index (χ4n) is 2.06. The number of hydrogen-bond donors (Lipinski definition) is 1. The van der Waals surface area contributed by atoms with E-state index in [0.717, 1.165) is 19.8 Å². The molecule has 1 unspecified atom stereocenters. The number of rotatable bonds is 13. The molecule has 0 saturated carbocycles. The van der Waals surface area contributed by atoms with Crippen LogP contribution in [-0.2, 0) is 19.6 Å². The van der Waals surface area contributed by atoms with Gasteiger partial charge < -0.3 is 4.74 Å². The first-order chi connectivity index (χ1) is 9.88. The van der Waals surface area contributed by atoms with E-state index in [1.54, 1.807) is 0 Å². The summed E-state index contributed by atoms with van der Waals surface area (Å²) < 4.78 is 34.7. The van der Waals surface area contributed by atoms with Crippen molar-refractivity contribution in [1.29, 1.82) is 0 Å². The second kappa shape index (κ2) is 12.0. The smallest absolute Gasteiger partial charge is 0.307 e. The van der Waals surface area contributed by atoms with E-state index in [1.165, 1.54) is 44.9 Å². The summed E-state index contributed by atoms with van der Waals surface area (Å²) in [6.45, 7) is 3.35. The zero-order valence-corrected chi connectivity index (χ0v) is 14.2. The Morgan fingerprint density at radius 2 is 1.38 bits per heavy atom. The first-order valence-electron chi connectivity index (χ1n) is 8.03. The van der Waals surface area contributed by atoms with Gasteiger partial charge in [0, 0.05) is 6.42 Å². The number of unbranched alkanes of at least 4 members (excludes halogenated alkanes) is 9. The summed E-state index contributed by atoms with van der Waals surface area (Å²) in [7, 11) is -4.29. The first-order valence-corrected chi connectivity index (χ1v) is 9.54. The van der Waals surface area contributed by atoms with Gasteiger partial charge in [0.1, 0.15) is 0 Å². The maximum Gasteiger partial charge on any atom is 0.307 e. The van der Waals surface area contributed by atoms with Crippen LogP contribution in [-0.4, -0.2) is 24.4 Å². The van der Waals surface area contributed by atoms with Crippen LogP contribution in [0.5, 0.6) is 0 Å². The van der Waals surface area contributed by atoms with Crippen molar-refractivity contribution >= 4 is 16.1 Å². The van der Waals surface area contributed by atoms with Crippen molar-refractivity contribution in [3.05, 3.63) is 0 Å². The molecule has 126 valence electrons. The molecule has 6 heteroatoms. The molecule has 0 aliphatic heterocycles. The van der Waals surface area contributed by atoms with Gasteiger partial charge in [-0.25, -0.2) is 0 Å². The lowest BCUT2D eigenvalue weighted by atomic mass is 10.1. The van der Waals surface area contributed by atoms with Gasteiger partial charge in [0.05, 0.1) is 0 Å². The van der Waals surface area contributed by atoms with Crippen LogP contribution in [0.25, 0.3) is 0 Å². The van der Waals surface area contributed by atoms with E-state index in [2.05, 4.69) is 11.7 Å². The number of carbonyl (C=O) groups is 1. The molecule has 0 fully saturated rings. The van der Waals surface area contributed by atoms with Gasteiger partial charge in [-0.3, -0.25) is 9.35 Å². The van der Waals surface area contributed by atoms with Crippen molar-refractivity contribution in [1.82, 2.24) is 0 Å². The molecule has 5 nitrogen and oxygen atoms in total. The van der Waals surface area contributed by atoms with Crippen LogP contribution in [0.4, 0.5) is 0 Å². The first kappa shape index (κ1) is 20.4. The lowest BCUT2D eigenvalue weighted by Gasteiger charge is -2.09. The molecule has 21 heavy (non-hydrogen) atoms. The second-order valence-electron chi connectivity index (χ2n) is 5.50. The van der Waals surface area contributed by atoms with Gasteiger partial charge in [-0.15, -0.1) is 0 Å². The molecule has 0 aromatic carbocycles. The molecule has 0 aliphatic rings. The number of carbonyl (C=O) groups excluding carboxylic acids is 1. The Morgan fingerprint density at radius 3 is 1.81 bits per heavy atom. The zero-order chi connectivity index (χ0) is 16.1. The van der Waals surface area contributed by atoms with Gasteiger partial charge in [0.2, 0.25) is 5.44 Å². The molecule has 0 aromatic heterocycles. The van der Waals surface area contributed by atoms with Crippen LogP contribution < -0.4 is 0 Å². The van der Waals surface area contributed by atoms with Crippen LogP contribution in [0.3, 0.4) is 0 Å². The fourth-order valence-corrected chi connectivity index (χ4v) is 2.29. The van der Waals surface area contributed by atoms with Crippen LogP contribution in [0, 0.1) is 0 Å². The third kappa shape index (κ3) is 12.8. The van der Waals surface area contributed by atoms with Crippen molar-refractivity contribution in [3.8, 4) is 0 Å². The van der Waals surface area contributed by atoms with Crippen molar-refractivity contribution in [2.45, 2.75) is 89.9 Å². The minimum atomic E-state index is -4.29. The Kier molecular flexibility index (Phi) is 11.6. The van der Waals surface area contributed by atoms with Crippen LogP contribution in [0.15, 0.2) is 0 Å². The Hall–Kier alpha value is -0.620. The van der Waals surface area contributed by atoms with E-state index in [0.29, 0.717) is 6.42 Å². The predicted molar refractivity (Wildman–Crippen MR) is 83.6 cm³/mol. The quantitative estimate of drug-likeness (QED) is 0.314. The van der Waals surface area contributed by atoms with Crippen molar-refractivity contribution in [2.24, 2.45) is 0 Å². The van der Waals surface area contributed by atoms with Crippen LogP contribution in [0.1, 0.15) is 84.5 Å². The highest BCUT2D eigenvalue weighted by Crippen LogP contribution is 2.12. The molecule has 0 saturated heterocycles. The molecule has 0 heterocycles. The Labute approximate surface area is 129 Å². The number of hydrogen-bond acceptors (Lipinski definition) is 4. The molecule has 0 radical (unpaired) electrons. The molecule has 0 aliphatic carbocycles. The van der Waals surface area contributed by atoms with Gasteiger partial charge >= 0.3 is 16.1 Å². The highest BCUT2D eigenvalue weighted by atomic mass is 32.2. The van der Waals surface area contributed by atoms with E-state index in [4.69, 9.17) is 4.55 Å². The fraction of sp³-hybridized carbons (Fsp3) is 0.933. The van der Waals surface area contributed by atoms with E-state index in [1.807, 2.05) is 0 Å². The molecule has 1 N–H and O–H groups in total. The highest BCUT2D eigenvalue weighted by Gasteiger charge is 2.21. The van der Waals surface area contributed by atoms with Crippen molar-refractivity contribution < 1.29 is 22.5 Å². The molecule has 0 rings (SSSR count). The maximum atomic E-state index is 11.3. The molecular weight excluding hydrogens is 292 g/mol. The molecule has 0 amide bonds. The molecule has 0 bridgehead atoms. The normalized spacial score (nSPS) is 13.1. The summed E-state index contributed by atoms with van der Waals surface area (Å²) in [4.78, 5) is 11.3. The largest absolute Gasteiger partial charge is 0.444 e. The Balaban J connectivity index is 3.41. The summed E-state index contributed by atoms with van der Waals surface area (Å²) in [5.41, 5.74) is -1.48. The third-order valence-corrected chi connectivity index (χ3v) is 4.39. The highest BCUT2D eigenvalue weighted by molar-refractivity contribution is 7.86. The van der Waals surface area contributed by atoms with Gasteiger partial charge in [0.15, 0.2) is 0 Å². The van der Waals surface area contributed by atoms with E-state index < -0.39 is 21.5 Å². The van der Waals surface area contributed by atoms with E-state index >= 15 is 0 Å². The summed E-state index contributed by atoms with van der Waals surface area (Å²) >= 11 is 0. The van der Waals surface area contributed by atoms with Crippen molar-refractivity contribution in [3.63, 3.8) is 0 Å². The van der Waals surface area contributed by atoms with Gasteiger partial charge in [-0.05, 0) is 13.3 Å². The molecule has 0 spiro atoms. The minimum Gasteiger partial charge on any atom is -0.444 e. The van der Waals surface area contributed by atoms with Gasteiger partial charge in [0.25, 0.3) is 0 Å². The molecule has 1 atom stereocenters. The lowest BCUT2D eigenvalue weighted by Crippen LogP contribution is -2.23. The Bertz CT molecular complexity index is 364. The summed E-state index contributed by atoms with van der Waals surface area (Å²) in [5, 5.41) is 0. The average molecular weight is 322 g/mol. The van der Waals surface area contributed by atoms with Crippen molar-refractivity contribution in [2.75, 3.05) is 0 Å². The Morgan fingerprint density at radius 1 is 0.952 bits per heavy atom. The predicted octanol–water partition coefficient (Wildman–Crippen LogP) is 4.07. The maximum absolute atomic E-state index is 11.3. The third-order valence-electron chi connectivity index (χ3n) is 3.45. The SMILES string of the molecule is CCCCCCCCCCCCC(=O)OC(C)S(=O)(=O)O. The summed E-state index contributed by atoms with van der Waals surface area (Å²) in [6.07, 6.45) is 11.9. The van der Waals surface area contributed by atoms with Crippen LogP contribution >= 0.6 is 0 Å². The van der Waals surface area contributed by atoms with Gasteiger partial charge in [-0.1, -0.05) is 64.7 Å². The summed E-state index contributed by atoms with van der Waals surface area (Å²) in [6, 6.07) is 0. The second-order valence-corrected chi connectivity index (χ2v) is 7.20. The summed E-state index contributed by atoms with van der Waals surface area (Å²) in [5.74, 6) is -0.570.